The molecular formula is C16H21N. The molecule has 1 heteroatoms. The van der Waals surface area contributed by atoms with Crippen LogP contribution >= 0.6 is 0 Å². The zero-order chi connectivity index (χ0) is 11.5. The second-order valence-electron chi connectivity index (χ2n) is 6.65. The molecule has 2 saturated carbocycles. The number of rotatable bonds is 2. The minimum atomic E-state index is 0.518. The van der Waals surface area contributed by atoms with E-state index in [2.05, 4.69) is 36.5 Å². The molecule has 2 atom stereocenters. The molecule has 2 unspecified atom stereocenters. The van der Waals surface area contributed by atoms with Crippen LogP contribution in [0.25, 0.3) is 0 Å². The van der Waals surface area contributed by atoms with E-state index in [9.17, 15) is 0 Å². The van der Waals surface area contributed by atoms with Crippen molar-refractivity contribution < 1.29 is 0 Å². The SMILES string of the molecule is CC1(c2cccc(C34CCNCC3C4)c2)CC1. The van der Waals surface area contributed by atoms with E-state index in [0.717, 1.165) is 5.92 Å². The van der Waals surface area contributed by atoms with Gasteiger partial charge in [-0.3, -0.25) is 0 Å². The number of piperidine rings is 1. The van der Waals surface area contributed by atoms with E-state index in [4.69, 9.17) is 0 Å². The molecule has 0 spiro atoms. The van der Waals surface area contributed by atoms with E-state index in [1.165, 1.54) is 38.8 Å². The van der Waals surface area contributed by atoms with Crippen LogP contribution in [-0.2, 0) is 10.8 Å². The summed E-state index contributed by atoms with van der Waals surface area (Å²) in [5, 5.41) is 3.53. The Morgan fingerprint density at radius 3 is 2.76 bits per heavy atom. The van der Waals surface area contributed by atoms with Gasteiger partial charge in [0.15, 0.2) is 0 Å². The molecule has 1 saturated heterocycles. The zero-order valence-electron chi connectivity index (χ0n) is 10.6. The quantitative estimate of drug-likeness (QED) is 0.819. The number of hydrogen-bond acceptors (Lipinski definition) is 1. The number of hydrogen-bond donors (Lipinski definition) is 1. The van der Waals surface area contributed by atoms with E-state index < -0.39 is 0 Å². The highest BCUT2D eigenvalue weighted by Gasteiger charge is 2.56. The van der Waals surface area contributed by atoms with Gasteiger partial charge in [0.1, 0.15) is 0 Å². The van der Waals surface area contributed by atoms with Crippen molar-refractivity contribution in [2.75, 3.05) is 13.1 Å². The normalized spacial score (nSPS) is 37.4. The van der Waals surface area contributed by atoms with Gasteiger partial charge in [0.2, 0.25) is 0 Å². The van der Waals surface area contributed by atoms with Crippen molar-refractivity contribution >= 4 is 0 Å². The second-order valence-corrected chi connectivity index (χ2v) is 6.65. The lowest BCUT2D eigenvalue weighted by Gasteiger charge is -2.24. The van der Waals surface area contributed by atoms with Crippen LogP contribution in [0.2, 0.25) is 0 Å². The molecule has 0 aromatic heterocycles. The molecule has 0 radical (unpaired) electrons. The Hall–Kier alpha value is -0.820. The summed E-state index contributed by atoms with van der Waals surface area (Å²) in [7, 11) is 0. The Balaban J connectivity index is 1.70. The number of benzene rings is 1. The Bertz CT molecular complexity index is 460. The van der Waals surface area contributed by atoms with E-state index in [-0.39, 0.29) is 0 Å². The first-order valence-corrected chi connectivity index (χ1v) is 7.05. The number of nitrogens with one attached hydrogen (secondary N) is 1. The number of fused-ring (bicyclic) bond motifs is 1. The lowest BCUT2D eigenvalue weighted by molar-refractivity contribution is 0.445. The summed E-state index contributed by atoms with van der Waals surface area (Å²) in [5.74, 6) is 0.915. The molecule has 3 fully saturated rings. The summed E-state index contributed by atoms with van der Waals surface area (Å²) in [4.78, 5) is 0. The first-order chi connectivity index (χ1) is 8.23. The van der Waals surface area contributed by atoms with Gasteiger partial charge in [-0.1, -0.05) is 31.2 Å². The predicted molar refractivity (Wildman–Crippen MR) is 70.3 cm³/mol. The van der Waals surface area contributed by atoms with Gasteiger partial charge in [0, 0.05) is 5.41 Å². The van der Waals surface area contributed by atoms with Crippen LogP contribution < -0.4 is 5.32 Å². The monoisotopic (exact) mass is 227 g/mol. The van der Waals surface area contributed by atoms with Crippen molar-refractivity contribution in [3.8, 4) is 0 Å². The third-order valence-electron chi connectivity index (χ3n) is 5.51. The molecule has 2 aliphatic carbocycles. The van der Waals surface area contributed by atoms with Crippen molar-refractivity contribution in [1.82, 2.24) is 5.32 Å². The Morgan fingerprint density at radius 2 is 2.00 bits per heavy atom. The zero-order valence-corrected chi connectivity index (χ0v) is 10.6. The molecule has 0 amide bonds. The largest absolute Gasteiger partial charge is 0.316 e. The summed E-state index contributed by atoms with van der Waals surface area (Å²) >= 11 is 0. The molecule has 3 aliphatic rings. The highest BCUT2D eigenvalue weighted by Crippen LogP contribution is 2.58. The Labute approximate surface area is 104 Å². The van der Waals surface area contributed by atoms with Crippen LogP contribution in [0.5, 0.6) is 0 Å². The maximum Gasteiger partial charge on any atom is 0.000922 e. The van der Waals surface area contributed by atoms with Crippen molar-refractivity contribution in [3.05, 3.63) is 35.4 Å². The fraction of sp³-hybridized carbons (Fsp3) is 0.625. The first-order valence-electron chi connectivity index (χ1n) is 7.05. The van der Waals surface area contributed by atoms with Gasteiger partial charge in [-0.2, -0.15) is 0 Å². The average Bonchev–Trinajstić information content (AvgIpc) is 3.25. The molecule has 1 heterocycles. The third-order valence-corrected chi connectivity index (χ3v) is 5.51. The fourth-order valence-corrected chi connectivity index (χ4v) is 3.72. The standard InChI is InChI=1S/C16H21N/c1-15(5-6-15)12-3-2-4-13(9-12)16-7-8-17-11-14(16)10-16/h2-4,9,14,17H,5-8,10-11H2,1H3. The van der Waals surface area contributed by atoms with Crippen LogP contribution in [0.15, 0.2) is 24.3 Å². The summed E-state index contributed by atoms with van der Waals surface area (Å²) in [6.07, 6.45) is 5.53. The molecule has 17 heavy (non-hydrogen) atoms. The molecule has 1 N–H and O–H groups in total. The van der Waals surface area contributed by atoms with Gasteiger partial charge in [0.05, 0.1) is 0 Å². The molecule has 1 aliphatic heterocycles. The second kappa shape index (κ2) is 3.14. The summed E-state index contributed by atoms with van der Waals surface area (Å²) in [6, 6.07) is 9.53. The Kier molecular flexibility index (Phi) is 1.87. The molecule has 90 valence electrons. The lowest BCUT2D eigenvalue weighted by Crippen LogP contribution is -2.31. The summed E-state index contributed by atoms with van der Waals surface area (Å²) in [6.45, 7) is 4.86. The van der Waals surface area contributed by atoms with Crippen LogP contribution in [0, 0.1) is 5.92 Å². The van der Waals surface area contributed by atoms with Crippen LogP contribution in [-0.4, -0.2) is 13.1 Å². The van der Waals surface area contributed by atoms with Crippen molar-refractivity contribution in [2.45, 2.75) is 43.4 Å². The van der Waals surface area contributed by atoms with E-state index in [1.54, 1.807) is 11.1 Å². The minimum absolute atomic E-state index is 0.518. The maximum atomic E-state index is 3.53. The molecule has 1 aromatic carbocycles. The summed E-state index contributed by atoms with van der Waals surface area (Å²) < 4.78 is 0. The minimum Gasteiger partial charge on any atom is -0.316 e. The van der Waals surface area contributed by atoms with Crippen molar-refractivity contribution in [2.24, 2.45) is 5.92 Å². The molecular weight excluding hydrogens is 206 g/mol. The fourth-order valence-electron chi connectivity index (χ4n) is 3.72. The van der Waals surface area contributed by atoms with Gasteiger partial charge < -0.3 is 5.32 Å². The van der Waals surface area contributed by atoms with Crippen molar-refractivity contribution in [3.63, 3.8) is 0 Å². The van der Waals surface area contributed by atoms with E-state index >= 15 is 0 Å². The van der Waals surface area contributed by atoms with Crippen LogP contribution in [0.1, 0.15) is 43.7 Å². The predicted octanol–water partition coefficient (Wildman–Crippen LogP) is 2.99. The highest BCUT2D eigenvalue weighted by molar-refractivity contribution is 5.41. The summed E-state index contributed by atoms with van der Waals surface area (Å²) in [5.41, 5.74) is 4.30. The maximum absolute atomic E-state index is 3.53. The molecule has 4 rings (SSSR count). The highest BCUT2D eigenvalue weighted by atomic mass is 14.9. The van der Waals surface area contributed by atoms with Gasteiger partial charge in [-0.15, -0.1) is 0 Å². The first kappa shape index (κ1) is 10.1. The molecule has 1 aromatic rings. The van der Waals surface area contributed by atoms with Gasteiger partial charge in [-0.25, -0.2) is 0 Å². The molecule has 0 bridgehead atoms. The van der Waals surface area contributed by atoms with Gasteiger partial charge >= 0.3 is 0 Å². The lowest BCUT2D eigenvalue weighted by atomic mass is 9.85. The Morgan fingerprint density at radius 1 is 1.18 bits per heavy atom. The van der Waals surface area contributed by atoms with E-state index in [0.29, 0.717) is 10.8 Å². The van der Waals surface area contributed by atoms with Crippen LogP contribution in [0.4, 0.5) is 0 Å². The average molecular weight is 227 g/mol. The van der Waals surface area contributed by atoms with Gasteiger partial charge in [0.25, 0.3) is 0 Å². The van der Waals surface area contributed by atoms with Gasteiger partial charge in [-0.05, 0) is 61.2 Å². The topological polar surface area (TPSA) is 12.0 Å². The van der Waals surface area contributed by atoms with Crippen molar-refractivity contribution in [1.29, 1.82) is 0 Å². The third kappa shape index (κ3) is 1.41. The molecule has 1 nitrogen and oxygen atoms in total. The van der Waals surface area contributed by atoms with Crippen LogP contribution in [0.3, 0.4) is 0 Å². The smallest absolute Gasteiger partial charge is 0.000922 e. The van der Waals surface area contributed by atoms with E-state index in [1.807, 2.05) is 0 Å².